The van der Waals surface area contributed by atoms with Gasteiger partial charge in [-0.1, -0.05) is 0 Å². The molecule has 3 aliphatic rings. The van der Waals surface area contributed by atoms with Crippen LogP contribution in [-0.2, 0) is 4.79 Å². The third-order valence-corrected chi connectivity index (χ3v) is 7.08. The maximum atomic E-state index is 12.4. The number of amides is 2. The van der Waals surface area contributed by atoms with Crippen molar-refractivity contribution in [2.24, 2.45) is 17.8 Å². The van der Waals surface area contributed by atoms with Crippen molar-refractivity contribution in [3.05, 3.63) is 0 Å². The predicted octanol–water partition coefficient (Wildman–Crippen LogP) is 2.71. The van der Waals surface area contributed by atoms with E-state index in [0.29, 0.717) is 43.4 Å². The van der Waals surface area contributed by atoms with E-state index in [1.807, 2.05) is 13.8 Å². The molecule has 0 aromatic carbocycles. The van der Waals surface area contributed by atoms with E-state index in [9.17, 15) is 14.7 Å². The smallest absolute Gasteiger partial charge is 0.407 e. The summed E-state index contributed by atoms with van der Waals surface area (Å²) in [5.41, 5.74) is 0. The van der Waals surface area contributed by atoms with Gasteiger partial charge in [-0.05, 0) is 70.1 Å². The number of likely N-dealkylation sites (tertiary alicyclic amines) is 1. The Bertz CT molecular complexity index is 597. The number of nitriles is 1. The third-order valence-electron chi connectivity index (χ3n) is 7.08. The lowest BCUT2D eigenvalue weighted by atomic mass is 9.94. The van der Waals surface area contributed by atoms with E-state index in [1.54, 1.807) is 9.80 Å². The van der Waals surface area contributed by atoms with E-state index in [-0.39, 0.29) is 30.4 Å². The molecule has 8 heteroatoms. The molecule has 158 valence electrons. The first-order valence-electron chi connectivity index (χ1n) is 10.4. The number of carboxylic acid groups (broad SMARTS) is 1. The molecule has 28 heavy (non-hydrogen) atoms. The Labute approximate surface area is 173 Å². The quantitative estimate of drug-likeness (QED) is 0.699. The van der Waals surface area contributed by atoms with E-state index in [2.05, 4.69) is 11.4 Å². The number of hydrogen-bond donors (Lipinski definition) is 2. The van der Waals surface area contributed by atoms with Crippen molar-refractivity contribution < 1.29 is 14.7 Å². The minimum absolute atomic E-state index is 0. The summed E-state index contributed by atoms with van der Waals surface area (Å²) in [6, 6.07) is 2.41. The summed E-state index contributed by atoms with van der Waals surface area (Å²) in [6.45, 7) is 5.50. The van der Waals surface area contributed by atoms with Crippen LogP contribution >= 0.6 is 12.4 Å². The molecule has 0 bridgehead atoms. The molecule has 2 aliphatic carbocycles. The molecule has 0 radical (unpaired) electrons. The van der Waals surface area contributed by atoms with Crippen LogP contribution in [-0.4, -0.2) is 64.7 Å². The molecule has 3 fully saturated rings. The summed E-state index contributed by atoms with van der Waals surface area (Å²) in [5.74, 6) is 1.76. The van der Waals surface area contributed by atoms with Crippen LogP contribution < -0.4 is 5.32 Å². The third kappa shape index (κ3) is 4.72. The topological polar surface area (TPSA) is 96.7 Å². The average molecular weight is 413 g/mol. The van der Waals surface area contributed by atoms with Gasteiger partial charge in [0.05, 0.1) is 12.6 Å². The summed E-state index contributed by atoms with van der Waals surface area (Å²) < 4.78 is 0. The Hall–Kier alpha value is -1.52. The Morgan fingerprint density at radius 3 is 2.46 bits per heavy atom. The molecule has 1 aliphatic heterocycles. The molecule has 1 heterocycles. The zero-order valence-electron chi connectivity index (χ0n) is 16.8. The fraction of sp³-hybridized carbons (Fsp3) is 0.850. The minimum Gasteiger partial charge on any atom is -0.465 e. The van der Waals surface area contributed by atoms with Crippen LogP contribution in [0, 0.1) is 29.1 Å². The second-order valence-electron chi connectivity index (χ2n) is 8.48. The molecule has 0 aromatic heterocycles. The molecule has 3 rings (SSSR count). The molecule has 2 N–H and O–H groups in total. The molecule has 4 unspecified atom stereocenters. The second-order valence-corrected chi connectivity index (χ2v) is 8.48. The molecule has 0 aromatic rings. The Morgan fingerprint density at radius 2 is 1.93 bits per heavy atom. The van der Waals surface area contributed by atoms with Gasteiger partial charge in [-0.3, -0.25) is 4.79 Å². The lowest BCUT2D eigenvalue weighted by Gasteiger charge is -2.30. The number of carbonyl (C=O) groups excluding carboxylic acids is 1. The van der Waals surface area contributed by atoms with Crippen LogP contribution in [0.15, 0.2) is 0 Å². The van der Waals surface area contributed by atoms with E-state index >= 15 is 0 Å². The van der Waals surface area contributed by atoms with Gasteiger partial charge in [0.2, 0.25) is 5.91 Å². The number of fused-ring (bicyclic) bond motifs is 1. The molecule has 0 spiro atoms. The minimum atomic E-state index is -0.822. The first-order chi connectivity index (χ1) is 12.9. The number of rotatable bonds is 6. The number of nitrogens with one attached hydrogen (secondary N) is 1. The van der Waals surface area contributed by atoms with Crippen molar-refractivity contribution in [1.82, 2.24) is 15.1 Å². The molecule has 1 saturated heterocycles. The summed E-state index contributed by atoms with van der Waals surface area (Å²) in [6.07, 6.45) is 5.21. The van der Waals surface area contributed by atoms with E-state index in [4.69, 9.17) is 5.26 Å². The van der Waals surface area contributed by atoms with Crippen molar-refractivity contribution in [2.45, 2.75) is 70.5 Å². The largest absolute Gasteiger partial charge is 0.465 e. The van der Waals surface area contributed by atoms with E-state index in [0.717, 1.165) is 38.5 Å². The number of nitrogens with zero attached hydrogens (tertiary/aromatic N) is 3. The maximum Gasteiger partial charge on any atom is 0.407 e. The summed E-state index contributed by atoms with van der Waals surface area (Å²) >= 11 is 0. The first kappa shape index (κ1) is 22.8. The Balaban J connectivity index is 0.00000280. The zero-order chi connectivity index (χ0) is 19.6. The van der Waals surface area contributed by atoms with Gasteiger partial charge >= 0.3 is 6.09 Å². The van der Waals surface area contributed by atoms with E-state index in [1.165, 1.54) is 0 Å². The summed E-state index contributed by atoms with van der Waals surface area (Å²) in [5, 5.41) is 21.9. The van der Waals surface area contributed by atoms with Crippen molar-refractivity contribution in [2.75, 3.05) is 19.6 Å². The summed E-state index contributed by atoms with van der Waals surface area (Å²) in [4.78, 5) is 27.0. The van der Waals surface area contributed by atoms with Gasteiger partial charge in [0, 0.05) is 25.2 Å². The fourth-order valence-corrected chi connectivity index (χ4v) is 5.61. The van der Waals surface area contributed by atoms with Gasteiger partial charge in [0.25, 0.3) is 0 Å². The van der Waals surface area contributed by atoms with Crippen LogP contribution in [0.3, 0.4) is 0 Å². The van der Waals surface area contributed by atoms with E-state index < -0.39 is 6.09 Å². The van der Waals surface area contributed by atoms with Crippen LogP contribution in [0.5, 0.6) is 0 Å². The normalized spacial score (nSPS) is 32.3. The lowest BCUT2D eigenvalue weighted by molar-refractivity contribution is -0.130. The molecular formula is C20H33ClN4O3. The highest BCUT2D eigenvalue weighted by Crippen LogP contribution is 2.48. The van der Waals surface area contributed by atoms with Crippen LogP contribution in [0.25, 0.3) is 0 Å². The average Bonchev–Trinajstić information content (AvgIpc) is 3.33. The Morgan fingerprint density at radius 1 is 1.29 bits per heavy atom. The van der Waals surface area contributed by atoms with Gasteiger partial charge < -0.3 is 20.2 Å². The second kappa shape index (κ2) is 9.80. The Kier molecular flexibility index (Phi) is 7.97. The number of hydrogen-bond acceptors (Lipinski definition) is 4. The van der Waals surface area contributed by atoms with Gasteiger partial charge in [-0.25, -0.2) is 4.79 Å². The lowest BCUT2D eigenvalue weighted by Crippen LogP contribution is -2.43. The van der Waals surface area contributed by atoms with Crippen molar-refractivity contribution in [3.8, 4) is 6.07 Å². The van der Waals surface area contributed by atoms with Crippen LogP contribution in [0.4, 0.5) is 4.79 Å². The molecule has 2 saturated carbocycles. The van der Waals surface area contributed by atoms with Gasteiger partial charge in [-0.2, -0.15) is 5.26 Å². The number of carbonyl (C=O) groups is 2. The predicted molar refractivity (Wildman–Crippen MR) is 108 cm³/mol. The molecule has 7 nitrogen and oxygen atoms in total. The van der Waals surface area contributed by atoms with Crippen molar-refractivity contribution >= 4 is 24.4 Å². The van der Waals surface area contributed by atoms with Gasteiger partial charge in [-0.15, -0.1) is 12.4 Å². The highest BCUT2D eigenvalue weighted by atomic mass is 35.5. The maximum absolute atomic E-state index is 12.4. The van der Waals surface area contributed by atoms with Crippen LogP contribution in [0.1, 0.15) is 52.4 Å². The highest BCUT2D eigenvalue weighted by Gasteiger charge is 2.44. The standard InChI is InChI=1S/C20H32N4O3.ClH/c1-3-23(20(26)27)13(2)14-7-15-9-17(10-16(15)8-14)22-12-19(25)24-6-4-5-18(24)11-21;/h13-18,22H,3-10,12H2,1-2H3,(H,26,27);1H. The van der Waals surface area contributed by atoms with Crippen molar-refractivity contribution in [1.29, 1.82) is 5.26 Å². The molecular weight excluding hydrogens is 380 g/mol. The summed E-state index contributed by atoms with van der Waals surface area (Å²) in [7, 11) is 0. The number of halogens is 1. The highest BCUT2D eigenvalue weighted by molar-refractivity contribution is 5.85. The first-order valence-corrected chi connectivity index (χ1v) is 10.4. The van der Waals surface area contributed by atoms with Crippen LogP contribution in [0.2, 0.25) is 0 Å². The van der Waals surface area contributed by atoms with Gasteiger partial charge in [0.15, 0.2) is 0 Å². The van der Waals surface area contributed by atoms with Gasteiger partial charge in [0.1, 0.15) is 6.04 Å². The van der Waals surface area contributed by atoms with Crippen molar-refractivity contribution in [3.63, 3.8) is 0 Å². The SMILES string of the molecule is CCN(C(=O)O)C(C)C1CC2CC(NCC(=O)N3CCCC3C#N)CC2C1.Cl. The molecule has 4 atom stereocenters. The zero-order valence-corrected chi connectivity index (χ0v) is 17.7. The fourth-order valence-electron chi connectivity index (χ4n) is 5.61. The monoisotopic (exact) mass is 412 g/mol. The molecule has 2 amide bonds.